The second-order valence-corrected chi connectivity index (χ2v) is 4.89. The zero-order valence-corrected chi connectivity index (χ0v) is 11.2. The molecule has 0 aromatic rings. The molecule has 0 aromatic heterocycles. The first kappa shape index (κ1) is 13.9. The molecule has 1 N–H and O–H groups in total. The van der Waals surface area contributed by atoms with E-state index in [1.807, 2.05) is 0 Å². The summed E-state index contributed by atoms with van der Waals surface area (Å²) in [6.07, 6.45) is 2.74. The number of nitrogens with zero attached hydrogens (tertiary/aromatic N) is 1. The number of ether oxygens (including phenoxy) is 1. The van der Waals surface area contributed by atoms with Gasteiger partial charge in [0.1, 0.15) is 0 Å². The zero-order valence-electron chi connectivity index (χ0n) is 11.2. The highest BCUT2D eigenvalue weighted by Crippen LogP contribution is 2.18. The van der Waals surface area contributed by atoms with Crippen molar-refractivity contribution in [1.29, 1.82) is 0 Å². The van der Waals surface area contributed by atoms with Crippen LogP contribution in [0, 0.1) is 5.92 Å². The van der Waals surface area contributed by atoms with E-state index in [0.717, 1.165) is 45.4 Å². The zero-order chi connectivity index (χ0) is 11.8. The third-order valence-corrected chi connectivity index (χ3v) is 3.18. The average molecular weight is 228 g/mol. The SMILES string of the molecule is CCN(CC)CCOCC(C)CNC1CC1. The molecule has 1 rings (SSSR count). The number of hydrogen-bond acceptors (Lipinski definition) is 3. The molecular weight excluding hydrogens is 200 g/mol. The van der Waals surface area contributed by atoms with Crippen molar-refractivity contribution in [1.82, 2.24) is 10.2 Å². The summed E-state index contributed by atoms with van der Waals surface area (Å²) in [5.74, 6) is 0.636. The van der Waals surface area contributed by atoms with Gasteiger partial charge in [-0.15, -0.1) is 0 Å². The first-order valence-electron chi connectivity index (χ1n) is 6.79. The molecule has 0 aromatic carbocycles. The fourth-order valence-electron chi connectivity index (χ4n) is 1.73. The molecule has 0 amide bonds. The van der Waals surface area contributed by atoms with Crippen molar-refractivity contribution in [3.8, 4) is 0 Å². The Labute approximate surface area is 101 Å². The van der Waals surface area contributed by atoms with Crippen LogP contribution >= 0.6 is 0 Å². The molecule has 1 fully saturated rings. The van der Waals surface area contributed by atoms with E-state index in [4.69, 9.17) is 4.74 Å². The summed E-state index contributed by atoms with van der Waals surface area (Å²) < 4.78 is 5.70. The third-order valence-electron chi connectivity index (χ3n) is 3.18. The molecule has 0 saturated heterocycles. The van der Waals surface area contributed by atoms with Crippen LogP contribution in [-0.2, 0) is 4.74 Å². The molecule has 3 heteroatoms. The summed E-state index contributed by atoms with van der Waals surface area (Å²) in [5, 5.41) is 3.54. The van der Waals surface area contributed by atoms with E-state index < -0.39 is 0 Å². The Morgan fingerprint density at radius 2 is 2.00 bits per heavy atom. The quantitative estimate of drug-likeness (QED) is 0.576. The van der Waals surface area contributed by atoms with E-state index >= 15 is 0 Å². The lowest BCUT2D eigenvalue weighted by Gasteiger charge is -2.19. The van der Waals surface area contributed by atoms with E-state index in [2.05, 4.69) is 31.0 Å². The minimum Gasteiger partial charge on any atom is -0.380 e. The predicted molar refractivity (Wildman–Crippen MR) is 68.8 cm³/mol. The summed E-state index contributed by atoms with van der Waals surface area (Å²) in [6, 6.07) is 0.818. The summed E-state index contributed by atoms with van der Waals surface area (Å²) in [4.78, 5) is 2.40. The van der Waals surface area contributed by atoms with Gasteiger partial charge in [-0.05, 0) is 31.8 Å². The van der Waals surface area contributed by atoms with Gasteiger partial charge in [-0.25, -0.2) is 0 Å². The summed E-state index contributed by atoms with van der Waals surface area (Å²) in [5.41, 5.74) is 0. The fourth-order valence-corrected chi connectivity index (χ4v) is 1.73. The highest BCUT2D eigenvalue weighted by atomic mass is 16.5. The molecule has 1 aliphatic carbocycles. The van der Waals surface area contributed by atoms with Crippen LogP contribution in [0.4, 0.5) is 0 Å². The van der Waals surface area contributed by atoms with Gasteiger partial charge < -0.3 is 15.0 Å². The van der Waals surface area contributed by atoms with Crippen LogP contribution in [0.5, 0.6) is 0 Å². The molecular formula is C13H28N2O. The Morgan fingerprint density at radius 1 is 1.31 bits per heavy atom. The van der Waals surface area contributed by atoms with Gasteiger partial charge >= 0.3 is 0 Å². The second kappa shape index (κ2) is 8.04. The smallest absolute Gasteiger partial charge is 0.0593 e. The molecule has 0 aliphatic heterocycles. The molecule has 16 heavy (non-hydrogen) atoms. The molecule has 0 spiro atoms. The molecule has 96 valence electrons. The van der Waals surface area contributed by atoms with Gasteiger partial charge in [0.25, 0.3) is 0 Å². The highest BCUT2D eigenvalue weighted by Gasteiger charge is 2.20. The largest absolute Gasteiger partial charge is 0.380 e. The van der Waals surface area contributed by atoms with Gasteiger partial charge in [-0.2, -0.15) is 0 Å². The summed E-state index contributed by atoms with van der Waals surface area (Å²) in [7, 11) is 0. The van der Waals surface area contributed by atoms with E-state index in [-0.39, 0.29) is 0 Å². The van der Waals surface area contributed by atoms with Crippen molar-refractivity contribution in [2.24, 2.45) is 5.92 Å². The van der Waals surface area contributed by atoms with Gasteiger partial charge in [0.05, 0.1) is 13.2 Å². The number of likely N-dealkylation sites (N-methyl/N-ethyl adjacent to an activating group) is 1. The van der Waals surface area contributed by atoms with Crippen molar-refractivity contribution in [3.63, 3.8) is 0 Å². The van der Waals surface area contributed by atoms with Gasteiger partial charge in [0, 0.05) is 19.1 Å². The monoisotopic (exact) mass is 228 g/mol. The van der Waals surface area contributed by atoms with Crippen molar-refractivity contribution in [2.45, 2.75) is 39.7 Å². The maximum absolute atomic E-state index is 5.70. The maximum atomic E-state index is 5.70. The van der Waals surface area contributed by atoms with Gasteiger partial charge in [0.15, 0.2) is 0 Å². The summed E-state index contributed by atoms with van der Waals surface area (Å²) >= 11 is 0. The average Bonchev–Trinajstić information content (AvgIpc) is 3.10. The van der Waals surface area contributed by atoms with Gasteiger partial charge in [-0.1, -0.05) is 20.8 Å². The Balaban J connectivity index is 1.88. The van der Waals surface area contributed by atoms with E-state index in [1.165, 1.54) is 12.8 Å². The van der Waals surface area contributed by atoms with Crippen molar-refractivity contribution in [2.75, 3.05) is 39.4 Å². The number of nitrogens with one attached hydrogen (secondary N) is 1. The van der Waals surface area contributed by atoms with E-state index in [1.54, 1.807) is 0 Å². The molecule has 1 aliphatic rings. The van der Waals surface area contributed by atoms with Crippen LogP contribution in [0.1, 0.15) is 33.6 Å². The van der Waals surface area contributed by atoms with E-state index in [9.17, 15) is 0 Å². The van der Waals surface area contributed by atoms with Crippen LogP contribution in [0.3, 0.4) is 0 Å². The third kappa shape index (κ3) is 6.46. The number of hydrogen-bond donors (Lipinski definition) is 1. The van der Waals surface area contributed by atoms with Crippen molar-refractivity contribution >= 4 is 0 Å². The molecule has 1 saturated carbocycles. The minimum atomic E-state index is 0.636. The lowest BCUT2D eigenvalue weighted by molar-refractivity contribution is 0.0837. The predicted octanol–water partition coefficient (Wildman–Crippen LogP) is 1.73. The standard InChI is InChI=1S/C13H28N2O/c1-4-15(5-2)8-9-16-11-12(3)10-14-13-6-7-13/h12-14H,4-11H2,1-3H3. The van der Waals surface area contributed by atoms with Gasteiger partial charge in [-0.3, -0.25) is 0 Å². The topological polar surface area (TPSA) is 24.5 Å². The van der Waals surface area contributed by atoms with Crippen LogP contribution in [0.15, 0.2) is 0 Å². The lowest BCUT2D eigenvalue weighted by atomic mass is 10.2. The Morgan fingerprint density at radius 3 is 2.56 bits per heavy atom. The molecule has 1 atom stereocenters. The Bertz CT molecular complexity index is 167. The van der Waals surface area contributed by atoms with Crippen LogP contribution in [0.25, 0.3) is 0 Å². The Hall–Kier alpha value is -0.120. The Kier molecular flexibility index (Phi) is 7.01. The normalized spacial score (nSPS) is 18.0. The molecule has 3 nitrogen and oxygen atoms in total. The second-order valence-electron chi connectivity index (χ2n) is 4.89. The van der Waals surface area contributed by atoms with Crippen molar-refractivity contribution < 1.29 is 4.74 Å². The minimum absolute atomic E-state index is 0.636. The fraction of sp³-hybridized carbons (Fsp3) is 1.00. The van der Waals surface area contributed by atoms with E-state index in [0.29, 0.717) is 5.92 Å². The molecule has 1 unspecified atom stereocenters. The first-order chi connectivity index (χ1) is 7.76. The highest BCUT2D eigenvalue weighted by molar-refractivity contribution is 4.81. The summed E-state index contributed by atoms with van der Waals surface area (Å²) in [6.45, 7) is 12.8. The molecule has 0 bridgehead atoms. The lowest BCUT2D eigenvalue weighted by Crippen LogP contribution is -2.29. The van der Waals surface area contributed by atoms with Crippen LogP contribution in [0.2, 0.25) is 0 Å². The van der Waals surface area contributed by atoms with Gasteiger partial charge in [0.2, 0.25) is 0 Å². The molecule has 0 heterocycles. The first-order valence-corrected chi connectivity index (χ1v) is 6.79. The van der Waals surface area contributed by atoms with Crippen molar-refractivity contribution in [3.05, 3.63) is 0 Å². The molecule has 0 radical (unpaired) electrons. The number of rotatable bonds is 10. The van der Waals surface area contributed by atoms with Crippen LogP contribution < -0.4 is 5.32 Å². The maximum Gasteiger partial charge on any atom is 0.0593 e. The van der Waals surface area contributed by atoms with Crippen LogP contribution in [-0.4, -0.2) is 50.3 Å².